The van der Waals surface area contributed by atoms with E-state index in [-0.39, 0.29) is 6.42 Å². The summed E-state index contributed by atoms with van der Waals surface area (Å²) in [7, 11) is 0. The Kier molecular flexibility index (Phi) is 4.84. The first-order chi connectivity index (χ1) is 10.5. The zero-order valence-electron chi connectivity index (χ0n) is 12.4. The number of rotatable bonds is 5. The summed E-state index contributed by atoms with van der Waals surface area (Å²) < 4.78 is 5.56. The first-order valence-corrected chi connectivity index (χ1v) is 7.35. The fraction of sp³-hybridized carbons (Fsp3) is 0.312. The number of nitrogens with two attached hydrogens (primary N) is 1. The first-order valence-electron chi connectivity index (χ1n) is 6.97. The molecule has 22 heavy (non-hydrogen) atoms. The highest BCUT2D eigenvalue weighted by atomic mass is 35.5. The zero-order valence-corrected chi connectivity index (χ0v) is 13.2. The molecule has 0 bridgehead atoms. The SMILES string of the molecule is CCOc1cc2nc(CC)c(C#N)c(Cl)c2cc1CC(N)=O. The van der Waals surface area contributed by atoms with Crippen molar-refractivity contribution in [3.63, 3.8) is 0 Å². The molecule has 5 nitrogen and oxygen atoms in total. The second kappa shape index (κ2) is 6.63. The molecule has 2 N–H and O–H groups in total. The van der Waals surface area contributed by atoms with Crippen molar-refractivity contribution in [1.82, 2.24) is 4.98 Å². The van der Waals surface area contributed by atoms with Gasteiger partial charge in [0.1, 0.15) is 11.8 Å². The number of fused-ring (bicyclic) bond motifs is 1. The molecule has 114 valence electrons. The van der Waals surface area contributed by atoms with Gasteiger partial charge in [-0.3, -0.25) is 9.78 Å². The predicted octanol–water partition coefficient (Wildman–Crippen LogP) is 2.75. The summed E-state index contributed by atoms with van der Waals surface area (Å²) in [5, 5.41) is 10.2. The molecular weight excluding hydrogens is 302 g/mol. The molecule has 1 aromatic carbocycles. The first kappa shape index (κ1) is 16.1. The van der Waals surface area contributed by atoms with Crippen LogP contribution in [0.5, 0.6) is 5.75 Å². The number of amides is 1. The Bertz CT molecular complexity index is 781. The Labute approximate surface area is 133 Å². The molecule has 0 radical (unpaired) electrons. The number of carbonyl (C=O) groups is 1. The van der Waals surface area contributed by atoms with Crippen molar-refractivity contribution in [2.45, 2.75) is 26.7 Å². The number of primary amides is 1. The van der Waals surface area contributed by atoms with Crippen molar-refractivity contribution in [2.75, 3.05) is 6.61 Å². The minimum atomic E-state index is -0.463. The highest BCUT2D eigenvalue weighted by molar-refractivity contribution is 6.36. The Morgan fingerprint density at radius 2 is 2.18 bits per heavy atom. The van der Waals surface area contributed by atoms with Crippen LogP contribution in [0.15, 0.2) is 12.1 Å². The largest absolute Gasteiger partial charge is 0.494 e. The van der Waals surface area contributed by atoms with E-state index in [1.165, 1.54) is 0 Å². The lowest BCUT2D eigenvalue weighted by Crippen LogP contribution is -2.14. The van der Waals surface area contributed by atoms with E-state index in [1.807, 2.05) is 13.8 Å². The minimum Gasteiger partial charge on any atom is -0.494 e. The fourth-order valence-electron chi connectivity index (χ4n) is 2.33. The number of ether oxygens (including phenoxy) is 1. The van der Waals surface area contributed by atoms with Crippen molar-refractivity contribution >= 4 is 28.4 Å². The average molecular weight is 318 g/mol. The molecule has 0 unspecified atom stereocenters. The lowest BCUT2D eigenvalue weighted by molar-refractivity contribution is -0.117. The van der Waals surface area contributed by atoms with Crippen molar-refractivity contribution < 1.29 is 9.53 Å². The Hall–Kier alpha value is -2.32. The smallest absolute Gasteiger partial charge is 0.221 e. The van der Waals surface area contributed by atoms with E-state index in [2.05, 4.69) is 11.1 Å². The van der Waals surface area contributed by atoms with Gasteiger partial charge in [-0.1, -0.05) is 18.5 Å². The van der Waals surface area contributed by atoms with E-state index >= 15 is 0 Å². The molecule has 0 fully saturated rings. The van der Waals surface area contributed by atoms with Crippen molar-refractivity contribution in [2.24, 2.45) is 5.73 Å². The van der Waals surface area contributed by atoms with E-state index in [0.29, 0.717) is 51.5 Å². The van der Waals surface area contributed by atoms with Crippen molar-refractivity contribution in [1.29, 1.82) is 5.26 Å². The van der Waals surface area contributed by atoms with Crippen LogP contribution < -0.4 is 10.5 Å². The van der Waals surface area contributed by atoms with Crippen LogP contribution >= 0.6 is 11.6 Å². The molecule has 1 aromatic heterocycles. The number of nitriles is 1. The summed E-state index contributed by atoms with van der Waals surface area (Å²) in [5.74, 6) is 0.0965. The lowest BCUT2D eigenvalue weighted by atomic mass is 10.0. The molecule has 0 aliphatic rings. The summed E-state index contributed by atoms with van der Waals surface area (Å²) in [4.78, 5) is 15.7. The minimum absolute atomic E-state index is 0.0407. The van der Waals surface area contributed by atoms with Gasteiger partial charge in [0.25, 0.3) is 0 Å². The van der Waals surface area contributed by atoms with Crippen LogP contribution in [0.4, 0.5) is 0 Å². The third-order valence-electron chi connectivity index (χ3n) is 3.29. The fourth-order valence-corrected chi connectivity index (χ4v) is 2.63. The number of benzene rings is 1. The predicted molar refractivity (Wildman–Crippen MR) is 84.9 cm³/mol. The molecule has 0 saturated heterocycles. The normalized spacial score (nSPS) is 10.5. The standard InChI is InChI=1S/C16H16ClN3O2/c1-3-12-11(8-18)16(17)10-5-9(6-15(19)21)14(22-4-2)7-13(10)20-12/h5,7H,3-4,6H2,1-2H3,(H2,19,21). The van der Waals surface area contributed by atoms with Crippen LogP contribution in [0, 0.1) is 11.3 Å². The van der Waals surface area contributed by atoms with Gasteiger partial charge in [0.15, 0.2) is 0 Å². The number of aromatic nitrogens is 1. The van der Waals surface area contributed by atoms with Gasteiger partial charge in [0.05, 0.1) is 34.8 Å². The van der Waals surface area contributed by atoms with Gasteiger partial charge in [0, 0.05) is 17.0 Å². The molecule has 0 aliphatic carbocycles. The van der Waals surface area contributed by atoms with E-state index in [9.17, 15) is 10.1 Å². The molecule has 0 spiro atoms. The zero-order chi connectivity index (χ0) is 16.3. The maximum atomic E-state index is 11.2. The number of hydrogen-bond acceptors (Lipinski definition) is 4. The van der Waals surface area contributed by atoms with Crippen molar-refractivity contribution in [3.8, 4) is 11.8 Å². The Morgan fingerprint density at radius 1 is 1.45 bits per heavy atom. The number of halogens is 1. The molecule has 0 saturated carbocycles. The quantitative estimate of drug-likeness (QED) is 0.918. The lowest BCUT2D eigenvalue weighted by Gasteiger charge is -2.13. The van der Waals surface area contributed by atoms with Crippen LogP contribution in [0.25, 0.3) is 10.9 Å². The van der Waals surface area contributed by atoms with Gasteiger partial charge >= 0.3 is 0 Å². The van der Waals surface area contributed by atoms with Gasteiger partial charge < -0.3 is 10.5 Å². The molecule has 0 aliphatic heterocycles. The number of pyridine rings is 1. The van der Waals surface area contributed by atoms with E-state index in [0.717, 1.165) is 0 Å². The molecule has 2 rings (SSSR count). The summed E-state index contributed by atoms with van der Waals surface area (Å²) in [6.07, 6.45) is 0.643. The molecular formula is C16H16ClN3O2. The van der Waals surface area contributed by atoms with Crippen LogP contribution in [-0.4, -0.2) is 17.5 Å². The van der Waals surface area contributed by atoms with Gasteiger partial charge in [0.2, 0.25) is 5.91 Å². The molecule has 0 atom stereocenters. The van der Waals surface area contributed by atoms with Gasteiger partial charge in [-0.15, -0.1) is 0 Å². The van der Waals surface area contributed by atoms with Gasteiger partial charge in [-0.2, -0.15) is 5.26 Å². The summed E-state index contributed by atoms with van der Waals surface area (Å²) in [5.41, 5.74) is 7.56. The topological polar surface area (TPSA) is 89.0 Å². The third kappa shape index (κ3) is 2.97. The molecule has 6 heteroatoms. The molecule has 1 heterocycles. The third-order valence-corrected chi connectivity index (χ3v) is 3.68. The summed E-state index contributed by atoms with van der Waals surface area (Å²) in [6.45, 7) is 4.23. The van der Waals surface area contributed by atoms with Crippen molar-refractivity contribution in [3.05, 3.63) is 34.0 Å². The number of carbonyl (C=O) groups excluding carboxylic acids is 1. The number of hydrogen-bond donors (Lipinski definition) is 1. The van der Waals surface area contributed by atoms with E-state index in [4.69, 9.17) is 22.1 Å². The highest BCUT2D eigenvalue weighted by Gasteiger charge is 2.16. The van der Waals surface area contributed by atoms with Crippen LogP contribution in [0.1, 0.15) is 30.7 Å². The molecule has 2 aromatic rings. The van der Waals surface area contributed by atoms with Gasteiger partial charge in [-0.05, 0) is 19.4 Å². The second-order valence-corrected chi connectivity index (χ2v) is 5.14. The number of nitrogens with zero attached hydrogens (tertiary/aromatic N) is 2. The van der Waals surface area contributed by atoms with E-state index in [1.54, 1.807) is 12.1 Å². The maximum absolute atomic E-state index is 11.2. The number of aryl methyl sites for hydroxylation is 1. The molecule has 1 amide bonds. The summed E-state index contributed by atoms with van der Waals surface area (Å²) >= 11 is 6.34. The van der Waals surface area contributed by atoms with Crippen LogP contribution in [0.2, 0.25) is 5.02 Å². The Balaban J connectivity index is 2.76. The van der Waals surface area contributed by atoms with Crippen LogP contribution in [-0.2, 0) is 17.6 Å². The Morgan fingerprint density at radius 3 is 2.73 bits per heavy atom. The van der Waals surface area contributed by atoms with Gasteiger partial charge in [-0.25, -0.2) is 0 Å². The summed E-state index contributed by atoms with van der Waals surface area (Å²) in [6, 6.07) is 5.55. The monoisotopic (exact) mass is 317 g/mol. The second-order valence-electron chi connectivity index (χ2n) is 4.77. The average Bonchev–Trinajstić information content (AvgIpc) is 2.48. The van der Waals surface area contributed by atoms with Crippen LogP contribution in [0.3, 0.4) is 0 Å². The highest BCUT2D eigenvalue weighted by Crippen LogP contribution is 2.33. The van der Waals surface area contributed by atoms with E-state index < -0.39 is 5.91 Å². The maximum Gasteiger partial charge on any atom is 0.221 e.